The first-order valence-corrected chi connectivity index (χ1v) is 8.74. The molecule has 0 amide bonds. The zero-order chi connectivity index (χ0) is 18.5. The Morgan fingerprint density at radius 1 is 1.31 bits per heavy atom. The standard InChI is InChI=1S/C20H22F2N4/c1-26-20(7-9-25-26)17-6-2-4-14(17)10-16-12-18(21)15(11-19(16)22)5-3-8-24-13-23/h3,5,7-9,11-14,17,23H,2,4,6,10H2,1H3/b5-3+,23-13?,24-8?. The Bertz CT molecular complexity index is 838. The number of rotatable bonds is 6. The van der Waals surface area contributed by atoms with Crippen LogP contribution in [0.2, 0.25) is 0 Å². The number of aromatic nitrogens is 2. The van der Waals surface area contributed by atoms with E-state index in [1.165, 1.54) is 36.2 Å². The predicted molar refractivity (Wildman–Crippen MR) is 99.7 cm³/mol. The molecule has 1 aromatic heterocycles. The van der Waals surface area contributed by atoms with Crippen LogP contribution in [-0.4, -0.2) is 22.3 Å². The van der Waals surface area contributed by atoms with Gasteiger partial charge in [-0.1, -0.05) is 12.5 Å². The highest BCUT2D eigenvalue weighted by Gasteiger charge is 2.31. The summed E-state index contributed by atoms with van der Waals surface area (Å²) < 4.78 is 30.7. The Morgan fingerprint density at radius 3 is 2.88 bits per heavy atom. The molecule has 1 aliphatic rings. The van der Waals surface area contributed by atoms with Gasteiger partial charge in [-0.3, -0.25) is 10.1 Å². The van der Waals surface area contributed by atoms with Gasteiger partial charge in [-0.05, 0) is 55.0 Å². The van der Waals surface area contributed by atoms with Gasteiger partial charge in [0, 0.05) is 36.6 Å². The summed E-state index contributed by atoms with van der Waals surface area (Å²) >= 11 is 0. The summed E-state index contributed by atoms with van der Waals surface area (Å²) in [5.41, 5.74) is 1.77. The lowest BCUT2D eigenvalue weighted by molar-refractivity contribution is 0.446. The van der Waals surface area contributed by atoms with Crippen LogP contribution >= 0.6 is 0 Å². The van der Waals surface area contributed by atoms with E-state index in [9.17, 15) is 8.78 Å². The highest BCUT2D eigenvalue weighted by Crippen LogP contribution is 2.41. The SMILES string of the molecule is Cn1nccc1C1CCCC1Cc1cc(F)c(/C=C/C=NC=N)cc1F. The van der Waals surface area contributed by atoms with Gasteiger partial charge in [0.05, 0.1) is 0 Å². The van der Waals surface area contributed by atoms with Crippen LogP contribution in [0.4, 0.5) is 8.78 Å². The molecule has 1 N–H and O–H groups in total. The second-order valence-electron chi connectivity index (χ2n) is 6.63. The van der Waals surface area contributed by atoms with Gasteiger partial charge in [0.1, 0.15) is 18.0 Å². The molecule has 0 saturated heterocycles. The van der Waals surface area contributed by atoms with Crippen molar-refractivity contribution in [3.63, 3.8) is 0 Å². The molecular formula is C20H22F2N4. The minimum absolute atomic E-state index is 0.178. The number of nitrogens with zero attached hydrogens (tertiary/aromatic N) is 3. The molecule has 136 valence electrons. The number of halogens is 2. The van der Waals surface area contributed by atoms with Gasteiger partial charge in [0.2, 0.25) is 0 Å². The fourth-order valence-corrected chi connectivity index (χ4v) is 3.83. The van der Waals surface area contributed by atoms with Crippen molar-refractivity contribution in [3.05, 3.63) is 58.9 Å². The third-order valence-corrected chi connectivity index (χ3v) is 5.07. The first-order chi connectivity index (χ1) is 12.6. The van der Waals surface area contributed by atoms with Gasteiger partial charge in [0.25, 0.3) is 0 Å². The van der Waals surface area contributed by atoms with Crippen LogP contribution < -0.4 is 0 Å². The number of aryl methyl sites for hydroxylation is 1. The molecule has 1 aliphatic carbocycles. The number of aliphatic imine (C=N–C) groups is 1. The molecule has 0 spiro atoms. The van der Waals surface area contributed by atoms with Gasteiger partial charge in [-0.15, -0.1) is 0 Å². The van der Waals surface area contributed by atoms with E-state index in [1.54, 1.807) is 6.20 Å². The fraction of sp³-hybridized carbons (Fsp3) is 0.350. The minimum Gasteiger partial charge on any atom is -0.290 e. The van der Waals surface area contributed by atoms with Gasteiger partial charge in [0.15, 0.2) is 0 Å². The lowest BCUT2D eigenvalue weighted by atomic mass is 9.87. The third kappa shape index (κ3) is 3.95. The lowest BCUT2D eigenvalue weighted by Crippen LogP contribution is -2.14. The molecule has 0 bridgehead atoms. The van der Waals surface area contributed by atoms with E-state index < -0.39 is 5.82 Å². The van der Waals surface area contributed by atoms with Gasteiger partial charge < -0.3 is 0 Å². The average Bonchev–Trinajstić information content (AvgIpc) is 3.24. The minimum atomic E-state index is -0.448. The molecule has 3 rings (SSSR count). The summed E-state index contributed by atoms with van der Waals surface area (Å²) in [5.74, 6) is -0.205. The number of benzene rings is 1. The zero-order valence-corrected chi connectivity index (χ0v) is 14.7. The summed E-state index contributed by atoms with van der Waals surface area (Å²) in [6.45, 7) is 0. The van der Waals surface area contributed by atoms with E-state index in [-0.39, 0.29) is 11.4 Å². The second kappa shape index (κ2) is 8.17. The highest BCUT2D eigenvalue weighted by molar-refractivity contribution is 5.83. The van der Waals surface area contributed by atoms with Crippen molar-refractivity contribution in [2.24, 2.45) is 18.0 Å². The summed E-state index contributed by atoms with van der Waals surface area (Å²) in [6, 6.07) is 4.55. The van der Waals surface area contributed by atoms with E-state index in [1.807, 2.05) is 17.8 Å². The number of allylic oxidation sites excluding steroid dienone is 1. The Morgan fingerprint density at radius 2 is 2.15 bits per heavy atom. The summed E-state index contributed by atoms with van der Waals surface area (Å²) in [5, 5.41) is 11.0. The van der Waals surface area contributed by atoms with Crippen LogP contribution in [0.15, 0.2) is 35.5 Å². The van der Waals surface area contributed by atoms with Crippen molar-refractivity contribution >= 4 is 18.6 Å². The molecule has 6 heteroatoms. The largest absolute Gasteiger partial charge is 0.290 e. The van der Waals surface area contributed by atoms with Crippen molar-refractivity contribution in [2.75, 3.05) is 0 Å². The molecule has 2 aromatic rings. The Kier molecular flexibility index (Phi) is 5.71. The monoisotopic (exact) mass is 356 g/mol. The van der Waals surface area contributed by atoms with Crippen LogP contribution in [0.3, 0.4) is 0 Å². The molecule has 0 radical (unpaired) electrons. The van der Waals surface area contributed by atoms with Crippen LogP contribution in [0, 0.1) is 23.0 Å². The van der Waals surface area contributed by atoms with E-state index in [0.717, 1.165) is 25.6 Å². The first-order valence-electron chi connectivity index (χ1n) is 8.74. The summed E-state index contributed by atoms with van der Waals surface area (Å²) in [7, 11) is 1.92. The van der Waals surface area contributed by atoms with Crippen LogP contribution in [-0.2, 0) is 13.5 Å². The molecule has 1 aromatic carbocycles. The molecule has 0 aliphatic heterocycles. The van der Waals surface area contributed by atoms with Crippen LogP contribution in [0.1, 0.15) is 42.0 Å². The number of hydrogen-bond acceptors (Lipinski definition) is 2. The fourth-order valence-electron chi connectivity index (χ4n) is 3.83. The molecule has 2 atom stereocenters. The van der Waals surface area contributed by atoms with Crippen molar-refractivity contribution in [1.29, 1.82) is 5.41 Å². The Labute approximate surface area is 151 Å². The van der Waals surface area contributed by atoms with E-state index >= 15 is 0 Å². The van der Waals surface area contributed by atoms with Gasteiger partial charge in [-0.2, -0.15) is 5.10 Å². The first kappa shape index (κ1) is 18.2. The lowest BCUT2D eigenvalue weighted by Gasteiger charge is -2.20. The van der Waals surface area contributed by atoms with E-state index in [4.69, 9.17) is 5.41 Å². The molecule has 2 unspecified atom stereocenters. The van der Waals surface area contributed by atoms with Gasteiger partial charge in [-0.25, -0.2) is 13.8 Å². The Balaban J connectivity index is 1.78. The van der Waals surface area contributed by atoms with Crippen LogP contribution in [0.5, 0.6) is 0 Å². The predicted octanol–water partition coefficient (Wildman–Crippen LogP) is 4.52. The second-order valence-corrected chi connectivity index (χ2v) is 6.63. The highest BCUT2D eigenvalue weighted by atomic mass is 19.1. The van der Waals surface area contributed by atoms with E-state index in [0.29, 0.717) is 23.8 Å². The van der Waals surface area contributed by atoms with Gasteiger partial charge >= 0.3 is 0 Å². The van der Waals surface area contributed by atoms with Crippen LogP contribution in [0.25, 0.3) is 6.08 Å². The molecule has 1 saturated carbocycles. The normalized spacial score (nSPS) is 20.4. The average molecular weight is 356 g/mol. The Hall–Kier alpha value is -2.63. The quantitative estimate of drug-likeness (QED) is 0.601. The molecule has 4 nitrogen and oxygen atoms in total. The number of hydrogen-bond donors (Lipinski definition) is 1. The van der Waals surface area contributed by atoms with Crippen molar-refractivity contribution in [3.8, 4) is 0 Å². The smallest absolute Gasteiger partial charge is 0.130 e. The number of nitrogens with one attached hydrogen (secondary N) is 1. The third-order valence-electron chi connectivity index (χ3n) is 5.07. The molecule has 26 heavy (non-hydrogen) atoms. The maximum absolute atomic E-state index is 14.5. The van der Waals surface area contributed by atoms with Crippen molar-refractivity contribution < 1.29 is 8.78 Å². The van der Waals surface area contributed by atoms with Crippen molar-refractivity contribution in [1.82, 2.24) is 9.78 Å². The van der Waals surface area contributed by atoms with E-state index in [2.05, 4.69) is 10.1 Å². The molecule has 1 heterocycles. The topological polar surface area (TPSA) is 54.0 Å². The van der Waals surface area contributed by atoms with Crippen molar-refractivity contribution in [2.45, 2.75) is 31.6 Å². The maximum Gasteiger partial charge on any atom is 0.130 e. The summed E-state index contributed by atoms with van der Waals surface area (Å²) in [4.78, 5) is 3.57. The molecular weight excluding hydrogens is 334 g/mol. The molecule has 1 fully saturated rings. The zero-order valence-electron chi connectivity index (χ0n) is 14.7. The summed E-state index contributed by atoms with van der Waals surface area (Å²) in [6.07, 6.45) is 10.6. The maximum atomic E-state index is 14.5.